The second-order valence-corrected chi connectivity index (χ2v) is 7.38. The normalized spacial score (nSPS) is 10.6. The Labute approximate surface area is 164 Å². The molecule has 1 heterocycles. The first-order chi connectivity index (χ1) is 13.1. The predicted molar refractivity (Wildman–Crippen MR) is 112 cm³/mol. The van der Waals surface area contributed by atoms with Crippen molar-refractivity contribution in [1.82, 2.24) is 4.98 Å². The summed E-state index contributed by atoms with van der Waals surface area (Å²) in [6.07, 6.45) is 2.17. The van der Waals surface area contributed by atoms with Gasteiger partial charge in [-0.1, -0.05) is 19.4 Å². The number of rotatable bonds is 7. The molecule has 140 valence electrons. The monoisotopic (exact) mass is 380 g/mol. The standard InChI is InChI=1S/C22H24N2O2S/c1-4-5-12-26-19-10-8-17(9-11-19)20-14-27-22(23-20)24-21(25)18-7-6-15(2)16(3)13-18/h6-11,13-14H,4-5,12H2,1-3H3,(H,23,24,25). The lowest BCUT2D eigenvalue weighted by molar-refractivity contribution is 0.102. The van der Waals surface area contributed by atoms with Gasteiger partial charge in [-0.25, -0.2) is 4.98 Å². The summed E-state index contributed by atoms with van der Waals surface area (Å²) >= 11 is 1.42. The average Bonchev–Trinajstić information content (AvgIpc) is 3.13. The van der Waals surface area contributed by atoms with E-state index in [4.69, 9.17) is 4.74 Å². The second-order valence-electron chi connectivity index (χ2n) is 6.52. The van der Waals surface area contributed by atoms with Crippen LogP contribution in [0.15, 0.2) is 47.8 Å². The highest BCUT2D eigenvalue weighted by Gasteiger charge is 2.11. The van der Waals surface area contributed by atoms with Crippen LogP contribution in [-0.4, -0.2) is 17.5 Å². The highest BCUT2D eigenvalue weighted by Crippen LogP contribution is 2.27. The Morgan fingerprint density at radius 1 is 1.11 bits per heavy atom. The van der Waals surface area contributed by atoms with Gasteiger partial charge in [0.15, 0.2) is 5.13 Å². The lowest BCUT2D eigenvalue weighted by atomic mass is 10.1. The molecule has 0 saturated heterocycles. The van der Waals surface area contributed by atoms with Gasteiger partial charge in [0, 0.05) is 16.5 Å². The van der Waals surface area contributed by atoms with E-state index in [2.05, 4.69) is 17.2 Å². The van der Waals surface area contributed by atoms with Crippen molar-refractivity contribution in [1.29, 1.82) is 0 Å². The number of thiazole rings is 1. The summed E-state index contributed by atoms with van der Waals surface area (Å²) in [6.45, 7) is 6.92. The number of hydrogen-bond acceptors (Lipinski definition) is 4. The minimum Gasteiger partial charge on any atom is -0.494 e. The molecule has 0 atom stereocenters. The summed E-state index contributed by atoms with van der Waals surface area (Å²) in [5.74, 6) is 0.726. The summed E-state index contributed by atoms with van der Waals surface area (Å²) in [7, 11) is 0. The van der Waals surface area contributed by atoms with Gasteiger partial charge >= 0.3 is 0 Å². The van der Waals surface area contributed by atoms with Crippen LogP contribution in [0.1, 0.15) is 41.3 Å². The van der Waals surface area contributed by atoms with E-state index in [1.54, 1.807) is 0 Å². The summed E-state index contributed by atoms with van der Waals surface area (Å²) in [5.41, 5.74) is 4.76. The molecule has 3 rings (SSSR count). The van der Waals surface area contributed by atoms with Gasteiger partial charge in [-0.2, -0.15) is 0 Å². The second kappa shape index (κ2) is 8.82. The van der Waals surface area contributed by atoms with Gasteiger partial charge < -0.3 is 4.74 Å². The predicted octanol–water partition coefficient (Wildman–Crippen LogP) is 5.86. The van der Waals surface area contributed by atoms with E-state index in [0.717, 1.165) is 42.0 Å². The van der Waals surface area contributed by atoms with E-state index in [1.807, 2.05) is 61.7 Å². The molecule has 0 radical (unpaired) electrons. The maximum absolute atomic E-state index is 12.4. The quantitative estimate of drug-likeness (QED) is 0.522. The third-order valence-electron chi connectivity index (χ3n) is 4.41. The van der Waals surface area contributed by atoms with Gasteiger partial charge in [0.2, 0.25) is 0 Å². The number of aryl methyl sites for hydroxylation is 2. The lowest BCUT2D eigenvalue weighted by Crippen LogP contribution is -2.12. The van der Waals surface area contributed by atoms with E-state index in [1.165, 1.54) is 16.9 Å². The van der Waals surface area contributed by atoms with Crippen LogP contribution in [0.25, 0.3) is 11.3 Å². The molecular weight excluding hydrogens is 356 g/mol. The van der Waals surface area contributed by atoms with Crippen molar-refractivity contribution >= 4 is 22.4 Å². The van der Waals surface area contributed by atoms with Gasteiger partial charge in [-0.05, 0) is 67.8 Å². The molecule has 1 amide bonds. The molecule has 0 saturated carbocycles. The average molecular weight is 381 g/mol. The number of benzene rings is 2. The zero-order chi connectivity index (χ0) is 19.2. The van der Waals surface area contributed by atoms with Gasteiger partial charge in [-0.15, -0.1) is 11.3 Å². The van der Waals surface area contributed by atoms with Crippen molar-refractivity contribution in [3.63, 3.8) is 0 Å². The number of nitrogens with one attached hydrogen (secondary N) is 1. The van der Waals surface area contributed by atoms with Crippen molar-refractivity contribution in [3.8, 4) is 17.0 Å². The molecule has 0 aliphatic heterocycles. The number of nitrogens with zero attached hydrogens (tertiary/aromatic N) is 1. The number of hydrogen-bond donors (Lipinski definition) is 1. The lowest BCUT2D eigenvalue weighted by Gasteiger charge is -2.06. The number of amides is 1. The van der Waals surface area contributed by atoms with Crippen LogP contribution >= 0.6 is 11.3 Å². The first-order valence-electron chi connectivity index (χ1n) is 9.14. The van der Waals surface area contributed by atoms with Crippen molar-refractivity contribution in [2.24, 2.45) is 0 Å². The van der Waals surface area contributed by atoms with Crippen LogP contribution in [0.3, 0.4) is 0 Å². The highest BCUT2D eigenvalue weighted by molar-refractivity contribution is 7.14. The van der Waals surface area contributed by atoms with Crippen LogP contribution in [0, 0.1) is 13.8 Å². The number of anilines is 1. The van der Waals surface area contributed by atoms with Crippen molar-refractivity contribution in [2.75, 3.05) is 11.9 Å². The Hall–Kier alpha value is -2.66. The maximum Gasteiger partial charge on any atom is 0.257 e. The van der Waals surface area contributed by atoms with Gasteiger partial charge in [0.1, 0.15) is 5.75 Å². The smallest absolute Gasteiger partial charge is 0.257 e. The molecule has 1 N–H and O–H groups in total. The van der Waals surface area contributed by atoms with Crippen LogP contribution in [0.5, 0.6) is 5.75 Å². The Bertz CT molecular complexity index is 916. The van der Waals surface area contributed by atoms with Crippen LogP contribution in [-0.2, 0) is 0 Å². The van der Waals surface area contributed by atoms with Crippen molar-refractivity contribution in [2.45, 2.75) is 33.6 Å². The maximum atomic E-state index is 12.4. The molecule has 0 spiro atoms. The third-order valence-corrected chi connectivity index (χ3v) is 5.17. The number of carbonyl (C=O) groups is 1. The molecule has 5 heteroatoms. The molecule has 4 nitrogen and oxygen atoms in total. The fourth-order valence-electron chi connectivity index (χ4n) is 2.57. The Morgan fingerprint density at radius 3 is 2.59 bits per heavy atom. The Balaban J connectivity index is 1.65. The molecule has 2 aromatic carbocycles. The summed E-state index contributed by atoms with van der Waals surface area (Å²) in [6, 6.07) is 13.6. The van der Waals surface area contributed by atoms with Gasteiger partial charge in [-0.3, -0.25) is 10.1 Å². The first-order valence-corrected chi connectivity index (χ1v) is 10.0. The van der Waals surface area contributed by atoms with E-state index in [9.17, 15) is 4.79 Å². The highest BCUT2D eigenvalue weighted by atomic mass is 32.1. The fourth-order valence-corrected chi connectivity index (χ4v) is 3.29. The Morgan fingerprint density at radius 2 is 1.89 bits per heavy atom. The molecule has 0 aliphatic rings. The van der Waals surface area contributed by atoms with Crippen molar-refractivity contribution < 1.29 is 9.53 Å². The van der Waals surface area contributed by atoms with Crippen LogP contribution < -0.4 is 10.1 Å². The number of ether oxygens (including phenoxy) is 1. The molecular formula is C22H24N2O2S. The summed E-state index contributed by atoms with van der Waals surface area (Å²) in [5, 5.41) is 5.43. The Kier molecular flexibility index (Phi) is 6.24. The molecule has 0 fully saturated rings. The van der Waals surface area contributed by atoms with Gasteiger partial charge in [0.25, 0.3) is 5.91 Å². The fraction of sp³-hybridized carbons (Fsp3) is 0.273. The minimum absolute atomic E-state index is 0.140. The topological polar surface area (TPSA) is 51.2 Å². The van der Waals surface area contributed by atoms with Crippen LogP contribution in [0.4, 0.5) is 5.13 Å². The van der Waals surface area contributed by atoms with Gasteiger partial charge in [0.05, 0.1) is 12.3 Å². The van der Waals surface area contributed by atoms with E-state index < -0.39 is 0 Å². The van der Waals surface area contributed by atoms with E-state index in [0.29, 0.717) is 10.7 Å². The molecule has 0 unspecified atom stereocenters. The first kappa shape index (κ1) is 19.1. The zero-order valence-corrected chi connectivity index (χ0v) is 16.7. The largest absolute Gasteiger partial charge is 0.494 e. The number of carbonyl (C=O) groups excluding carboxylic acids is 1. The molecule has 3 aromatic rings. The molecule has 0 bridgehead atoms. The molecule has 0 aliphatic carbocycles. The SMILES string of the molecule is CCCCOc1ccc(-c2csc(NC(=O)c3ccc(C)c(C)c3)n2)cc1. The third kappa shape index (κ3) is 4.95. The summed E-state index contributed by atoms with van der Waals surface area (Å²) in [4.78, 5) is 17.0. The zero-order valence-electron chi connectivity index (χ0n) is 15.9. The molecule has 27 heavy (non-hydrogen) atoms. The summed E-state index contributed by atoms with van der Waals surface area (Å²) < 4.78 is 5.69. The minimum atomic E-state index is -0.140. The van der Waals surface area contributed by atoms with E-state index >= 15 is 0 Å². The molecule has 1 aromatic heterocycles. The van der Waals surface area contributed by atoms with Crippen LogP contribution in [0.2, 0.25) is 0 Å². The van der Waals surface area contributed by atoms with E-state index in [-0.39, 0.29) is 5.91 Å². The number of unbranched alkanes of at least 4 members (excludes halogenated alkanes) is 1. The van der Waals surface area contributed by atoms with Crippen molar-refractivity contribution in [3.05, 3.63) is 64.5 Å². The number of aromatic nitrogens is 1.